The SMILES string of the molecule is Brc1ccc2c(-c3cccc4c3[nH]c3cc(Br)ccc34)c[nH]c2c1. The van der Waals surface area contributed by atoms with Gasteiger partial charge in [0.2, 0.25) is 0 Å². The van der Waals surface area contributed by atoms with Crippen LogP contribution < -0.4 is 0 Å². The lowest BCUT2D eigenvalue weighted by atomic mass is 10.0. The third-order valence-electron chi connectivity index (χ3n) is 4.53. The quantitative estimate of drug-likeness (QED) is 0.282. The molecule has 2 N–H and O–H groups in total. The van der Waals surface area contributed by atoms with Gasteiger partial charge in [0.15, 0.2) is 0 Å². The van der Waals surface area contributed by atoms with Crippen molar-refractivity contribution < 1.29 is 0 Å². The lowest BCUT2D eigenvalue weighted by Gasteiger charge is -2.02. The maximum atomic E-state index is 3.60. The fourth-order valence-electron chi connectivity index (χ4n) is 3.45. The van der Waals surface area contributed by atoms with Gasteiger partial charge < -0.3 is 9.97 Å². The predicted octanol–water partition coefficient (Wildman–Crippen LogP) is 6.99. The molecule has 3 aromatic carbocycles. The molecule has 0 bridgehead atoms. The number of rotatable bonds is 1. The molecule has 2 nitrogen and oxygen atoms in total. The summed E-state index contributed by atoms with van der Waals surface area (Å²) in [5.41, 5.74) is 5.89. The number of nitrogens with one attached hydrogen (secondary N) is 2. The second-order valence-corrected chi connectivity index (χ2v) is 7.77. The number of hydrogen-bond acceptors (Lipinski definition) is 0. The van der Waals surface area contributed by atoms with E-state index in [-0.39, 0.29) is 0 Å². The van der Waals surface area contributed by atoms with Gasteiger partial charge in [-0.2, -0.15) is 0 Å². The molecule has 116 valence electrons. The minimum absolute atomic E-state index is 1.08. The zero-order chi connectivity index (χ0) is 16.3. The van der Waals surface area contributed by atoms with Crippen molar-refractivity contribution in [3.8, 4) is 11.1 Å². The van der Waals surface area contributed by atoms with E-state index in [4.69, 9.17) is 0 Å². The van der Waals surface area contributed by atoms with Crippen molar-refractivity contribution in [2.75, 3.05) is 0 Å². The molecule has 0 radical (unpaired) electrons. The third-order valence-corrected chi connectivity index (χ3v) is 5.52. The molecule has 0 saturated carbocycles. The minimum Gasteiger partial charge on any atom is -0.361 e. The average Bonchev–Trinajstić information content (AvgIpc) is 3.14. The molecule has 24 heavy (non-hydrogen) atoms. The van der Waals surface area contributed by atoms with Crippen molar-refractivity contribution >= 4 is 64.6 Å². The number of hydrogen-bond donors (Lipinski definition) is 2. The molecule has 5 rings (SSSR count). The molecule has 0 aliphatic rings. The molecule has 2 heterocycles. The Balaban J connectivity index is 1.87. The molecule has 4 heteroatoms. The largest absolute Gasteiger partial charge is 0.361 e. The lowest BCUT2D eigenvalue weighted by molar-refractivity contribution is 1.47. The molecule has 0 unspecified atom stereocenters. The van der Waals surface area contributed by atoms with Gasteiger partial charge in [-0.3, -0.25) is 0 Å². The van der Waals surface area contributed by atoms with Crippen molar-refractivity contribution in [2.45, 2.75) is 0 Å². The van der Waals surface area contributed by atoms with E-state index in [0.29, 0.717) is 0 Å². The Bertz CT molecular complexity index is 1230. The lowest BCUT2D eigenvalue weighted by Crippen LogP contribution is -1.79. The molecule has 0 atom stereocenters. The molecule has 0 saturated heterocycles. The topological polar surface area (TPSA) is 31.6 Å². The van der Waals surface area contributed by atoms with Crippen LogP contribution in [0.4, 0.5) is 0 Å². The summed E-state index contributed by atoms with van der Waals surface area (Å²) in [4.78, 5) is 6.98. The summed E-state index contributed by atoms with van der Waals surface area (Å²) in [7, 11) is 0. The Hall–Kier alpha value is -2.04. The highest BCUT2D eigenvalue weighted by molar-refractivity contribution is 9.10. The molecule has 0 aliphatic carbocycles. The molecule has 0 spiro atoms. The molecule has 0 amide bonds. The van der Waals surface area contributed by atoms with Crippen LogP contribution in [-0.2, 0) is 0 Å². The fourth-order valence-corrected chi connectivity index (χ4v) is 4.17. The summed E-state index contributed by atoms with van der Waals surface area (Å²) in [6.45, 7) is 0. The van der Waals surface area contributed by atoms with Crippen molar-refractivity contribution in [3.63, 3.8) is 0 Å². The van der Waals surface area contributed by atoms with E-state index in [2.05, 4.69) is 103 Å². The van der Waals surface area contributed by atoms with Gasteiger partial charge in [0.05, 0.1) is 5.52 Å². The van der Waals surface area contributed by atoms with Crippen LogP contribution in [0.25, 0.3) is 43.8 Å². The number of aromatic nitrogens is 2. The predicted molar refractivity (Wildman–Crippen MR) is 108 cm³/mol. The Morgan fingerprint density at radius 3 is 2.25 bits per heavy atom. The zero-order valence-corrected chi connectivity index (χ0v) is 15.7. The average molecular weight is 440 g/mol. The van der Waals surface area contributed by atoms with E-state index < -0.39 is 0 Å². The molecule has 2 aromatic heterocycles. The first kappa shape index (κ1) is 14.3. The van der Waals surface area contributed by atoms with Crippen molar-refractivity contribution in [3.05, 3.63) is 69.7 Å². The molecular formula is C20H12Br2N2. The molecular weight excluding hydrogens is 428 g/mol. The van der Waals surface area contributed by atoms with E-state index >= 15 is 0 Å². The van der Waals surface area contributed by atoms with Crippen molar-refractivity contribution in [1.82, 2.24) is 9.97 Å². The summed E-state index contributed by atoms with van der Waals surface area (Å²) in [5, 5.41) is 3.73. The standard InChI is InChI=1S/C20H12Br2N2/c21-11-5-7-14-17(10-23-18(14)8-11)16-3-1-2-15-13-6-4-12(22)9-19(13)24-20(15)16/h1-10,23-24H. The first-order chi connectivity index (χ1) is 11.7. The number of H-pyrrole nitrogens is 2. The number of fused-ring (bicyclic) bond motifs is 4. The zero-order valence-electron chi connectivity index (χ0n) is 12.5. The Morgan fingerprint density at radius 2 is 1.42 bits per heavy atom. The fraction of sp³-hybridized carbons (Fsp3) is 0. The van der Waals surface area contributed by atoms with Crippen molar-refractivity contribution in [2.24, 2.45) is 0 Å². The van der Waals surface area contributed by atoms with Crippen LogP contribution in [0.5, 0.6) is 0 Å². The van der Waals surface area contributed by atoms with E-state index in [1.54, 1.807) is 0 Å². The molecule has 0 aliphatic heterocycles. The summed E-state index contributed by atoms with van der Waals surface area (Å²) >= 11 is 7.09. The second-order valence-electron chi connectivity index (χ2n) is 5.94. The van der Waals surface area contributed by atoms with Gasteiger partial charge in [-0.15, -0.1) is 0 Å². The van der Waals surface area contributed by atoms with Crippen LogP contribution in [0.1, 0.15) is 0 Å². The summed E-state index contributed by atoms with van der Waals surface area (Å²) in [6.07, 6.45) is 2.09. The normalized spacial score (nSPS) is 11.8. The van der Waals surface area contributed by atoms with E-state index in [9.17, 15) is 0 Å². The van der Waals surface area contributed by atoms with Gasteiger partial charge >= 0.3 is 0 Å². The summed E-state index contributed by atoms with van der Waals surface area (Å²) in [6, 6.07) is 19.2. The van der Waals surface area contributed by atoms with Crippen LogP contribution in [-0.4, -0.2) is 9.97 Å². The van der Waals surface area contributed by atoms with E-state index in [1.807, 2.05) is 0 Å². The maximum absolute atomic E-state index is 3.60. The second kappa shape index (κ2) is 5.23. The highest BCUT2D eigenvalue weighted by atomic mass is 79.9. The number of halogens is 2. The molecule has 5 aromatic rings. The Kier molecular flexibility index (Phi) is 3.12. The van der Waals surface area contributed by atoms with Gasteiger partial charge in [0, 0.05) is 53.5 Å². The van der Waals surface area contributed by atoms with Crippen LogP contribution in [0.15, 0.2) is 69.7 Å². The van der Waals surface area contributed by atoms with Crippen molar-refractivity contribution in [1.29, 1.82) is 0 Å². The first-order valence-electron chi connectivity index (χ1n) is 7.68. The van der Waals surface area contributed by atoms with Crippen LogP contribution in [0.3, 0.4) is 0 Å². The summed E-state index contributed by atoms with van der Waals surface area (Å²) in [5.74, 6) is 0. The summed E-state index contributed by atoms with van der Waals surface area (Å²) < 4.78 is 2.16. The molecule has 0 fully saturated rings. The van der Waals surface area contributed by atoms with E-state index in [1.165, 1.54) is 32.8 Å². The smallest absolute Gasteiger partial charge is 0.0545 e. The Morgan fingerprint density at radius 1 is 0.667 bits per heavy atom. The van der Waals surface area contributed by atoms with E-state index in [0.717, 1.165) is 20.0 Å². The first-order valence-corrected chi connectivity index (χ1v) is 9.26. The van der Waals surface area contributed by atoms with Crippen LogP contribution >= 0.6 is 31.9 Å². The third kappa shape index (κ3) is 2.06. The van der Waals surface area contributed by atoms with Gasteiger partial charge in [0.25, 0.3) is 0 Å². The van der Waals surface area contributed by atoms with Crippen LogP contribution in [0.2, 0.25) is 0 Å². The minimum atomic E-state index is 1.08. The van der Waals surface area contributed by atoms with Gasteiger partial charge in [-0.25, -0.2) is 0 Å². The monoisotopic (exact) mass is 438 g/mol. The number of para-hydroxylation sites is 1. The van der Waals surface area contributed by atoms with Gasteiger partial charge in [-0.1, -0.05) is 62.2 Å². The van der Waals surface area contributed by atoms with Gasteiger partial charge in [-0.05, 0) is 24.3 Å². The van der Waals surface area contributed by atoms with Gasteiger partial charge in [0.1, 0.15) is 0 Å². The Labute approximate surface area is 155 Å². The number of aromatic amines is 2. The maximum Gasteiger partial charge on any atom is 0.0545 e. The highest BCUT2D eigenvalue weighted by Crippen LogP contribution is 2.37. The highest BCUT2D eigenvalue weighted by Gasteiger charge is 2.13. The van der Waals surface area contributed by atoms with Crippen LogP contribution in [0, 0.1) is 0 Å². The number of benzene rings is 3.